The maximum Gasteiger partial charge on any atom is 0.261 e. The molecule has 1 aliphatic heterocycles. The Morgan fingerprint density at radius 2 is 1.70 bits per heavy atom. The summed E-state index contributed by atoms with van der Waals surface area (Å²) in [5, 5.41) is 0.604. The average Bonchev–Trinajstić information content (AvgIpc) is 2.80. The summed E-state index contributed by atoms with van der Waals surface area (Å²) in [7, 11) is 4.74. The van der Waals surface area contributed by atoms with Gasteiger partial charge < -0.3 is 19.1 Å². The lowest BCUT2D eigenvalue weighted by atomic mass is 9.97. The topological polar surface area (TPSA) is 91.6 Å². The van der Waals surface area contributed by atoms with Crippen LogP contribution < -0.4 is 24.7 Å². The second kappa shape index (κ2) is 8.56. The molecule has 0 N–H and O–H groups in total. The zero-order valence-electron chi connectivity index (χ0n) is 17.4. The molecule has 0 radical (unpaired) electrons. The third kappa shape index (κ3) is 4.00. The van der Waals surface area contributed by atoms with Gasteiger partial charge in [0, 0.05) is 25.7 Å². The highest BCUT2D eigenvalue weighted by atomic mass is 16.5. The molecule has 2 aromatic heterocycles. The Bertz CT molecular complexity index is 1070. The van der Waals surface area contributed by atoms with Crippen LogP contribution in [0.25, 0.3) is 10.9 Å². The number of nitrogens with zero attached hydrogens (tertiary/aromatic N) is 5. The molecular formula is C21H25N5O4. The molecule has 1 aliphatic rings. The van der Waals surface area contributed by atoms with Crippen LogP contribution in [0.3, 0.4) is 0 Å². The maximum absolute atomic E-state index is 12.9. The highest BCUT2D eigenvalue weighted by Crippen LogP contribution is 2.25. The first-order chi connectivity index (χ1) is 14.6. The summed E-state index contributed by atoms with van der Waals surface area (Å²) < 4.78 is 17.4. The van der Waals surface area contributed by atoms with Gasteiger partial charge in [0.2, 0.25) is 17.7 Å². The molecule has 1 fully saturated rings. The van der Waals surface area contributed by atoms with Crippen molar-refractivity contribution in [1.82, 2.24) is 19.5 Å². The molecule has 0 saturated carbocycles. The summed E-state index contributed by atoms with van der Waals surface area (Å²) in [4.78, 5) is 28.3. The van der Waals surface area contributed by atoms with Crippen LogP contribution in [0.2, 0.25) is 0 Å². The zero-order valence-corrected chi connectivity index (χ0v) is 17.4. The molecular weight excluding hydrogens is 386 g/mol. The molecule has 0 bridgehead atoms. The van der Waals surface area contributed by atoms with Crippen LogP contribution in [0.4, 0.5) is 5.95 Å². The fraction of sp³-hybridized carbons (Fsp3) is 0.429. The predicted molar refractivity (Wildman–Crippen MR) is 113 cm³/mol. The van der Waals surface area contributed by atoms with Crippen LogP contribution in [-0.2, 0) is 6.54 Å². The first kappa shape index (κ1) is 19.9. The van der Waals surface area contributed by atoms with Gasteiger partial charge in [-0.25, -0.2) is 4.98 Å². The van der Waals surface area contributed by atoms with E-state index in [1.54, 1.807) is 56.5 Å². The van der Waals surface area contributed by atoms with Gasteiger partial charge in [0.1, 0.15) is 5.75 Å². The van der Waals surface area contributed by atoms with Crippen molar-refractivity contribution in [2.75, 3.05) is 39.3 Å². The Kier molecular flexibility index (Phi) is 5.69. The molecule has 1 saturated heterocycles. The van der Waals surface area contributed by atoms with Gasteiger partial charge in [-0.1, -0.05) is 0 Å². The van der Waals surface area contributed by atoms with Crippen LogP contribution in [-0.4, -0.2) is 53.9 Å². The van der Waals surface area contributed by atoms with Crippen molar-refractivity contribution in [3.05, 3.63) is 40.9 Å². The smallest absolute Gasteiger partial charge is 0.261 e. The molecule has 0 unspecified atom stereocenters. The van der Waals surface area contributed by atoms with Crippen molar-refractivity contribution in [3.63, 3.8) is 0 Å². The van der Waals surface area contributed by atoms with Crippen molar-refractivity contribution in [1.29, 1.82) is 0 Å². The number of aromatic nitrogens is 4. The minimum atomic E-state index is -0.0223. The van der Waals surface area contributed by atoms with Crippen molar-refractivity contribution >= 4 is 16.9 Å². The van der Waals surface area contributed by atoms with Gasteiger partial charge in [-0.15, -0.1) is 0 Å². The molecule has 4 rings (SSSR count). The normalized spacial score (nSPS) is 14.7. The van der Waals surface area contributed by atoms with E-state index in [0.717, 1.165) is 25.9 Å². The van der Waals surface area contributed by atoms with E-state index in [1.165, 1.54) is 0 Å². The largest absolute Gasteiger partial charge is 0.497 e. The van der Waals surface area contributed by atoms with Gasteiger partial charge in [-0.3, -0.25) is 9.36 Å². The summed E-state index contributed by atoms with van der Waals surface area (Å²) in [5.41, 5.74) is 0.625. The lowest BCUT2D eigenvalue weighted by molar-refractivity contribution is 0.344. The minimum absolute atomic E-state index is 0.0223. The summed E-state index contributed by atoms with van der Waals surface area (Å²) >= 11 is 0. The lowest BCUT2D eigenvalue weighted by Gasteiger charge is -2.32. The Balaban J connectivity index is 1.45. The number of anilines is 1. The van der Waals surface area contributed by atoms with E-state index >= 15 is 0 Å². The fourth-order valence-electron chi connectivity index (χ4n) is 3.73. The third-order valence-corrected chi connectivity index (χ3v) is 5.47. The molecule has 0 atom stereocenters. The average molecular weight is 411 g/mol. The second-order valence-electron chi connectivity index (χ2n) is 7.27. The highest BCUT2D eigenvalue weighted by molar-refractivity contribution is 5.78. The summed E-state index contributed by atoms with van der Waals surface area (Å²) in [5.74, 6) is 2.62. The van der Waals surface area contributed by atoms with E-state index in [-0.39, 0.29) is 5.56 Å². The number of piperidine rings is 1. The molecule has 158 valence electrons. The Morgan fingerprint density at radius 1 is 1.00 bits per heavy atom. The minimum Gasteiger partial charge on any atom is -0.497 e. The van der Waals surface area contributed by atoms with Crippen molar-refractivity contribution < 1.29 is 14.2 Å². The zero-order chi connectivity index (χ0) is 21.1. The number of methoxy groups -OCH3 is 3. The van der Waals surface area contributed by atoms with Gasteiger partial charge >= 0.3 is 0 Å². The third-order valence-electron chi connectivity index (χ3n) is 5.47. The van der Waals surface area contributed by atoms with Crippen LogP contribution >= 0.6 is 0 Å². The maximum atomic E-state index is 12.9. The summed E-state index contributed by atoms with van der Waals surface area (Å²) in [6.07, 6.45) is 3.48. The molecule has 30 heavy (non-hydrogen) atoms. The van der Waals surface area contributed by atoms with Crippen molar-refractivity contribution in [3.8, 4) is 17.5 Å². The molecule has 9 heteroatoms. The van der Waals surface area contributed by atoms with Gasteiger partial charge in [0.15, 0.2) is 0 Å². The van der Waals surface area contributed by atoms with Crippen LogP contribution in [0.1, 0.15) is 12.8 Å². The number of hydrogen-bond donors (Lipinski definition) is 0. The first-order valence-corrected chi connectivity index (χ1v) is 9.86. The molecule has 0 amide bonds. The molecule has 9 nitrogen and oxygen atoms in total. The molecule has 0 aliphatic carbocycles. The van der Waals surface area contributed by atoms with Crippen LogP contribution in [0.5, 0.6) is 17.5 Å². The van der Waals surface area contributed by atoms with Crippen LogP contribution in [0.15, 0.2) is 35.4 Å². The van der Waals surface area contributed by atoms with E-state index in [2.05, 4.69) is 19.9 Å². The molecule has 0 spiro atoms. The molecule has 3 aromatic rings. The number of benzene rings is 1. The van der Waals surface area contributed by atoms with Crippen molar-refractivity contribution in [2.24, 2.45) is 5.92 Å². The van der Waals surface area contributed by atoms with Gasteiger partial charge in [-0.05, 0) is 30.9 Å². The standard InChI is InChI=1S/C21H25N5O4/c1-28-15-4-5-16-17(10-15)22-13-26(20(16)27)12-14-6-8-25(9-7-14)21-23-18(29-2)11-19(24-21)30-3/h4-5,10-11,13-14H,6-9,12H2,1-3H3. The van der Waals surface area contributed by atoms with Crippen LogP contribution in [0, 0.1) is 5.92 Å². The Hall–Kier alpha value is -3.36. The van der Waals surface area contributed by atoms with Crippen molar-refractivity contribution in [2.45, 2.75) is 19.4 Å². The second-order valence-corrected chi connectivity index (χ2v) is 7.27. The van der Waals surface area contributed by atoms with E-state index in [9.17, 15) is 4.79 Å². The summed E-state index contributed by atoms with van der Waals surface area (Å²) in [6, 6.07) is 7.00. The van der Waals surface area contributed by atoms with Gasteiger partial charge in [0.05, 0.1) is 44.6 Å². The Labute approximate surface area is 174 Å². The number of fused-ring (bicyclic) bond motifs is 1. The van der Waals surface area contributed by atoms with E-state index in [0.29, 0.717) is 46.8 Å². The molecule has 3 heterocycles. The Morgan fingerprint density at radius 3 is 2.33 bits per heavy atom. The fourth-order valence-corrected chi connectivity index (χ4v) is 3.73. The van der Waals surface area contributed by atoms with E-state index in [4.69, 9.17) is 14.2 Å². The number of ether oxygens (including phenoxy) is 3. The highest BCUT2D eigenvalue weighted by Gasteiger charge is 2.23. The van der Waals surface area contributed by atoms with Gasteiger partial charge in [0.25, 0.3) is 5.56 Å². The van der Waals surface area contributed by atoms with E-state index in [1.807, 2.05) is 0 Å². The quantitative estimate of drug-likeness (QED) is 0.609. The SMILES string of the molecule is COc1ccc2c(=O)n(CC3CCN(c4nc(OC)cc(OC)n4)CC3)cnc2c1. The monoisotopic (exact) mass is 411 g/mol. The lowest BCUT2D eigenvalue weighted by Crippen LogP contribution is -2.37. The first-order valence-electron chi connectivity index (χ1n) is 9.86. The van der Waals surface area contributed by atoms with E-state index < -0.39 is 0 Å². The predicted octanol–water partition coefficient (Wildman–Crippen LogP) is 2.13. The molecule has 1 aromatic carbocycles. The summed E-state index contributed by atoms with van der Waals surface area (Å²) in [6.45, 7) is 2.24. The van der Waals surface area contributed by atoms with Gasteiger partial charge in [-0.2, -0.15) is 9.97 Å². The number of rotatable bonds is 6. The number of hydrogen-bond acceptors (Lipinski definition) is 8.